The van der Waals surface area contributed by atoms with Gasteiger partial charge in [0.25, 0.3) is 11.8 Å². The van der Waals surface area contributed by atoms with Gasteiger partial charge in [-0.1, -0.05) is 6.07 Å². The van der Waals surface area contributed by atoms with Crippen molar-refractivity contribution >= 4 is 11.7 Å². The summed E-state index contributed by atoms with van der Waals surface area (Å²) in [4.78, 5) is 14.0. The topological polar surface area (TPSA) is 81.6 Å². The monoisotopic (exact) mass is 313 g/mol. The fourth-order valence-corrected chi connectivity index (χ4v) is 1.93. The SMILES string of the molecule is CN(C)c1cccc(C(=O)OCc2nnc(-c3ccco3)o2)c1. The van der Waals surface area contributed by atoms with Gasteiger partial charge in [0.2, 0.25) is 0 Å². The van der Waals surface area contributed by atoms with Gasteiger partial charge in [-0.3, -0.25) is 0 Å². The molecule has 0 spiro atoms. The van der Waals surface area contributed by atoms with Gasteiger partial charge in [0.05, 0.1) is 11.8 Å². The first kappa shape index (κ1) is 14.8. The van der Waals surface area contributed by atoms with E-state index >= 15 is 0 Å². The molecule has 2 aromatic heterocycles. The lowest BCUT2D eigenvalue weighted by atomic mass is 10.2. The number of esters is 1. The van der Waals surface area contributed by atoms with Crippen LogP contribution in [-0.4, -0.2) is 30.3 Å². The molecule has 7 heteroatoms. The average Bonchev–Trinajstić information content (AvgIpc) is 3.23. The van der Waals surface area contributed by atoms with Crippen LogP contribution in [0.15, 0.2) is 51.5 Å². The molecule has 0 aliphatic carbocycles. The van der Waals surface area contributed by atoms with Crippen LogP contribution in [-0.2, 0) is 11.3 Å². The normalized spacial score (nSPS) is 10.5. The molecule has 0 unspecified atom stereocenters. The Morgan fingerprint density at radius 1 is 1.22 bits per heavy atom. The van der Waals surface area contributed by atoms with Crippen molar-refractivity contribution in [3.8, 4) is 11.7 Å². The predicted octanol–water partition coefficient (Wildman–Crippen LogP) is 2.75. The number of aromatic nitrogens is 2. The van der Waals surface area contributed by atoms with Gasteiger partial charge in [-0.05, 0) is 30.3 Å². The molecule has 0 saturated heterocycles. The van der Waals surface area contributed by atoms with Crippen molar-refractivity contribution in [3.63, 3.8) is 0 Å². The Morgan fingerprint density at radius 2 is 2.09 bits per heavy atom. The van der Waals surface area contributed by atoms with E-state index in [1.807, 2.05) is 25.1 Å². The van der Waals surface area contributed by atoms with Gasteiger partial charge in [0.1, 0.15) is 0 Å². The van der Waals surface area contributed by atoms with E-state index in [0.717, 1.165) is 5.69 Å². The van der Waals surface area contributed by atoms with Crippen LogP contribution < -0.4 is 4.90 Å². The highest BCUT2D eigenvalue weighted by Crippen LogP contribution is 2.19. The maximum atomic E-state index is 12.1. The number of benzene rings is 1. The quantitative estimate of drug-likeness (QED) is 0.670. The lowest BCUT2D eigenvalue weighted by molar-refractivity contribution is 0.0438. The predicted molar refractivity (Wildman–Crippen MR) is 81.9 cm³/mol. The molecule has 0 atom stereocenters. The Morgan fingerprint density at radius 3 is 2.83 bits per heavy atom. The van der Waals surface area contributed by atoms with Crippen molar-refractivity contribution < 1.29 is 18.4 Å². The largest absolute Gasteiger partial charge is 0.459 e. The first-order valence-electron chi connectivity index (χ1n) is 6.94. The summed E-state index contributed by atoms with van der Waals surface area (Å²) >= 11 is 0. The molecule has 118 valence electrons. The Hall–Kier alpha value is -3.09. The van der Waals surface area contributed by atoms with Crippen molar-refractivity contribution in [1.29, 1.82) is 0 Å². The summed E-state index contributed by atoms with van der Waals surface area (Å²) in [5.41, 5.74) is 1.37. The van der Waals surface area contributed by atoms with Crippen molar-refractivity contribution in [2.24, 2.45) is 0 Å². The highest BCUT2D eigenvalue weighted by Gasteiger charge is 2.14. The smallest absolute Gasteiger partial charge is 0.338 e. The van der Waals surface area contributed by atoms with Crippen LogP contribution in [0.4, 0.5) is 5.69 Å². The van der Waals surface area contributed by atoms with Crippen LogP contribution in [0.3, 0.4) is 0 Å². The summed E-state index contributed by atoms with van der Waals surface area (Å²) in [6, 6.07) is 10.6. The molecule has 0 fully saturated rings. The maximum absolute atomic E-state index is 12.1. The number of furan rings is 1. The summed E-state index contributed by atoms with van der Waals surface area (Å²) in [7, 11) is 3.80. The Labute approximate surface area is 132 Å². The summed E-state index contributed by atoms with van der Waals surface area (Å²) in [6.07, 6.45) is 1.51. The number of anilines is 1. The first-order chi connectivity index (χ1) is 11.1. The number of hydrogen-bond acceptors (Lipinski definition) is 7. The van der Waals surface area contributed by atoms with Gasteiger partial charge >= 0.3 is 5.97 Å². The number of nitrogens with zero attached hydrogens (tertiary/aromatic N) is 3. The molecular formula is C16H15N3O4. The second-order valence-corrected chi connectivity index (χ2v) is 5.00. The summed E-state index contributed by atoms with van der Waals surface area (Å²) in [6.45, 7) is -0.0985. The number of hydrogen-bond donors (Lipinski definition) is 0. The molecule has 0 amide bonds. The maximum Gasteiger partial charge on any atom is 0.338 e. The Bertz CT molecular complexity index is 793. The molecule has 1 aromatic carbocycles. The fraction of sp³-hybridized carbons (Fsp3) is 0.188. The molecule has 0 saturated carbocycles. The molecule has 0 bridgehead atoms. The zero-order valence-electron chi connectivity index (χ0n) is 12.7. The number of carbonyl (C=O) groups excluding carboxylic acids is 1. The van der Waals surface area contributed by atoms with Gasteiger partial charge in [-0.25, -0.2) is 4.79 Å². The summed E-state index contributed by atoms with van der Waals surface area (Å²) < 4.78 is 15.7. The van der Waals surface area contributed by atoms with Gasteiger partial charge in [-0.15, -0.1) is 10.2 Å². The molecular weight excluding hydrogens is 298 g/mol. The minimum absolute atomic E-state index is 0.0985. The average molecular weight is 313 g/mol. The third-order valence-corrected chi connectivity index (χ3v) is 3.12. The molecule has 0 radical (unpaired) electrons. The van der Waals surface area contributed by atoms with E-state index in [0.29, 0.717) is 11.3 Å². The zero-order valence-corrected chi connectivity index (χ0v) is 12.7. The van der Waals surface area contributed by atoms with E-state index in [1.165, 1.54) is 6.26 Å². The van der Waals surface area contributed by atoms with Crippen molar-refractivity contribution in [1.82, 2.24) is 10.2 Å². The van der Waals surface area contributed by atoms with Crippen molar-refractivity contribution in [3.05, 3.63) is 54.1 Å². The van der Waals surface area contributed by atoms with E-state index in [-0.39, 0.29) is 18.4 Å². The van der Waals surface area contributed by atoms with Crippen LogP contribution in [0.25, 0.3) is 11.7 Å². The highest BCUT2D eigenvalue weighted by atomic mass is 16.5. The first-order valence-corrected chi connectivity index (χ1v) is 6.94. The van der Waals surface area contributed by atoms with Crippen LogP contribution in [0.1, 0.15) is 16.2 Å². The van der Waals surface area contributed by atoms with E-state index in [1.54, 1.807) is 30.3 Å². The fourth-order valence-electron chi connectivity index (χ4n) is 1.93. The molecule has 3 aromatic rings. The van der Waals surface area contributed by atoms with E-state index < -0.39 is 5.97 Å². The van der Waals surface area contributed by atoms with Gasteiger partial charge < -0.3 is 18.5 Å². The van der Waals surface area contributed by atoms with Gasteiger partial charge in [-0.2, -0.15) is 0 Å². The van der Waals surface area contributed by atoms with Gasteiger partial charge in [0, 0.05) is 19.8 Å². The van der Waals surface area contributed by atoms with E-state index in [2.05, 4.69) is 10.2 Å². The zero-order chi connectivity index (χ0) is 16.2. The lowest BCUT2D eigenvalue weighted by Gasteiger charge is -2.12. The number of ether oxygens (including phenoxy) is 1. The van der Waals surface area contributed by atoms with Crippen molar-refractivity contribution in [2.75, 3.05) is 19.0 Å². The Kier molecular flexibility index (Phi) is 4.09. The molecule has 0 aliphatic rings. The molecule has 2 heterocycles. The van der Waals surface area contributed by atoms with E-state index in [4.69, 9.17) is 13.6 Å². The van der Waals surface area contributed by atoms with Crippen LogP contribution in [0, 0.1) is 0 Å². The number of rotatable bonds is 5. The van der Waals surface area contributed by atoms with Crippen LogP contribution in [0.5, 0.6) is 0 Å². The highest BCUT2D eigenvalue weighted by molar-refractivity contribution is 5.90. The molecule has 23 heavy (non-hydrogen) atoms. The summed E-state index contributed by atoms with van der Waals surface area (Å²) in [5.74, 6) is 0.462. The third kappa shape index (κ3) is 3.39. The minimum Gasteiger partial charge on any atom is -0.459 e. The second-order valence-electron chi connectivity index (χ2n) is 5.00. The molecule has 7 nitrogen and oxygen atoms in total. The minimum atomic E-state index is -0.452. The molecule has 0 N–H and O–H groups in total. The third-order valence-electron chi connectivity index (χ3n) is 3.12. The standard InChI is InChI=1S/C16H15N3O4/c1-19(2)12-6-3-5-11(9-12)16(20)22-10-14-17-18-15(23-14)13-7-4-8-21-13/h3-9H,10H2,1-2H3. The summed E-state index contributed by atoms with van der Waals surface area (Å²) in [5, 5.41) is 7.66. The number of carbonyl (C=O) groups is 1. The molecule has 3 rings (SSSR count). The van der Waals surface area contributed by atoms with Crippen molar-refractivity contribution in [2.45, 2.75) is 6.61 Å². The van der Waals surface area contributed by atoms with Gasteiger partial charge in [0.15, 0.2) is 12.4 Å². The van der Waals surface area contributed by atoms with E-state index in [9.17, 15) is 4.79 Å². The Balaban J connectivity index is 1.64. The molecule has 0 aliphatic heterocycles. The second kappa shape index (κ2) is 6.35. The van der Waals surface area contributed by atoms with Crippen LogP contribution in [0.2, 0.25) is 0 Å². The van der Waals surface area contributed by atoms with Crippen LogP contribution >= 0.6 is 0 Å². The lowest BCUT2D eigenvalue weighted by Crippen LogP contribution is -2.11.